The first kappa shape index (κ1) is 69.7. The maximum atomic E-state index is 13.6. The number of carbonyl (C=O) groups excluding carboxylic acids is 4. The normalized spacial score (nSPS) is 31.2. The minimum absolute atomic E-state index is 0.169. The highest BCUT2D eigenvalue weighted by atomic mass is 35.5. The molecule has 2 saturated carbocycles. The lowest BCUT2D eigenvalue weighted by atomic mass is 9.68. The summed E-state index contributed by atoms with van der Waals surface area (Å²) in [5.41, 5.74) is 6.77. The quantitative estimate of drug-likeness (QED) is 0.141. The Morgan fingerprint density at radius 3 is 1.31 bits per heavy atom. The lowest BCUT2D eigenvalue weighted by Crippen LogP contribution is -2.48. The number of carbonyl (C=O) groups is 4. The molecule has 0 aromatic heterocycles. The first-order chi connectivity index (χ1) is 44.9. The minimum Gasteiger partial charge on any atom is -0.490 e. The van der Waals surface area contributed by atoms with Gasteiger partial charge in [-0.3, -0.25) is 19.2 Å². The van der Waals surface area contributed by atoms with E-state index in [4.69, 9.17) is 42.1 Å². The lowest BCUT2D eigenvalue weighted by Gasteiger charge is -2.45. The maximum Gasteiger partial charge on any atom is 0.264 e. The van der Waals surface area contributed by atoms with Gasteiger partial charge in [0.2, 0.25) is 31.9 Å². The number of anilines is 2. The van der Waals surface area contributed by atoms with Crippen LogP contribution in [0.5, 0.6) is 11.5 Å². The molecule has 0 radical (unpaired) electrons. The summed E-state index contributed by atoms with van der Waals surface area (Å²) in [7, 11) is -1.78. The highest BCUT2D eigenvalue weighted by molar-refractivity contribution is 7.91. The van der Waals surface area contributed by atoms with E-state index in [1.807, 2.05) is 38.1 Å². The number of aryl methyl sites for hydroxylation is 2. The number of hydrogen-bond donors (Lipinski definition) is 4. The summed E-state index contributed by atoms with van der Waals surface area (Å²) in [5.74, 6) is 0.516. The number of likely N-dealkylation sites (N-methyl/N-ethyl adjacent to an activating group) is 2. The van der Waals surface area contributed by atoms with Crippen LogP contribution in [-0.2, 0) is 62.8 Å². The molecule has 4 aromatic carbocycles. The second-order valence-electron chi connectivity index (χ2n) is 28.8. The van der Waals surface area contributed by atoms with Crippen molar-refractivity contribution in [3.8, 4) is 11.5 Å². The Hall–Kier alpha value is -5.64. The summed E-state index contributed by atoms with van der Waals surface area (Å²) in [6.45, 7) is 11.1. The highest BCUT2D eigenvalue weighted by Crippen LogP contribution is 2.50. The number of nitrogens with zero attached hydrogens (tertiary/aromatic N) is 2. The number of ether oxygens (including phenoxy) is 4. The molecule has 0 saturated heterocycles. The number of amides is 4. The molecule has 14 atom stereocenters. The molecule has 4 amide bonds. The van der Waals surface area contributed by atoms with Gasteiger partial charge in [0.25, 0.3) is 11.8 Å². The largest absolute Gasteiger partial charge is 0.490 e. The molecule has 2 fully saturated rings. The van der Waals surface area contributed by atoms with Crippen LogP contribution in [0.4, 0.5) is 11.4 Å². The monoisotopic (exact) mass is 1370 g/mol. The van der Waals surface area contributed by atoms with E-state index in [0.717, 1.165) is 137 Å². The van der Waals surface area contributed by atoms with E-state index in [-0.39, 0.29) is 57.4 Å². The van der Waals surface area contributed by atoms with Crippen LogP contribution in [0.2, 0.25) is 10.0 Å². The van der Waals surface area contributed by atoms with Crippen LogP contribution in [0.3, 0.4) is 0 Å². The molecule has 2 spiro atoms. The first-order valence-electron chi connectivity index (χ1n) is 34.1. The molecule has 0 unspecified atom stereocenters. The van der Waals surface area contributed by atoms with Crippen molar-refractivity contribution in [2.24, 2.45) is 47.3 Å². The van der Waals surface area contributed by atoms with Crippen molar-refractivity contribution in [2.75, 3.05) is 77.5 Å². The summed E-state index contributed by atoms with van der Waals surface area (Å²) < 4.78 is 83.6. The zero-order valence-electron chi connectivity index (χ0n) is 55.8. The summed E-state index contributed by atoms with van der Waals surface area (Å²) in [4.78, 5) is 57.7. The number of benzene rings is 4. The Morgan fingerprint density at radius 2 is 0.947 bits per heavy atom. The fourth-order valence-corrected chi connectivity index (χ4v) is 20.0. The number of rotatable bonds is 6. The topological polar surface area (TPSA) is 228 Å². The molecular formula is C72H96Cl2N6O12S2. The molecule has 94 heavy (non-hydrogen) atoms. The van der Waals surface area contributed by atoms with Crippen molar-refractivity contribution in [1.29, 1.82) is 0 Å². The van der Waals surface area contributed by atoms with E-state index in [2.05, 4.69) is 54.1 Å². The van der Waals surface area contributed by atoms with Crippen molar-refractivity contribution in [3.05, 3.63) is 116 Å². The van der Waals surface area contributed by atoms with Crippen LogP contribution < -0.4 is 39.4 Å². The van der Waals surface area contributed by atoms with E-state index >= 15 is 0 Å². The van der Waals surface area contributed by atoms with Gasteiger partial charge in [-0.2, -0.15) is 0 Å². The Morgan fingerprint density at radius 1 is 0.564 bits per heavy atom. The van der Waals surface area contributed by atoms with E-state index < -0.39 is 54.6 Å². The molecule has 4 aliphatic carbocycles. The molecule has 4 N–H and O–H groups in total. The molecule has 4 aliphatic heterocycles. The van der Waals surface area contributed by atoms with Gasteiger partial charge in [-0.15, -0.1) is 0 Å². The summed E-state index contributed by atoms with van der Waals surface area (Å²) in [6.07, 6.45) is 13.3. The van der Waals surface area contributed by atoms with Gasteiger partial charge < -0.3 is 39.4 Å². The van der Waals surface area contributed by atoms with Gasteiger partial charge in [0.1, 0.15) is 23.7 Å². The number of fused-ring (bicyclic) bond motifs is 8. The second kappa shape index (κ2) is 28.8. The van der Waals surface area contributed by atoms with Crippen molar-refractivity contribution in [3.63, 3.8) is 0 Å². The summed E-state index contributed by atoms with van der Waals surface area (Å²) in [6, 6.07) is 23.0. The third-order valence-electron chi connectivity index (χ3n) is 23.2. The predicted octanol–water partition coefficient (Wildman–Crippen LogP) is 11.0. The Labute approximate surface area is 566 Å². The SMILES string of the molecule is CNC(=O)[C@@H](OC)[C@@H]1CC[C@@H]2CC[C@H]2CN2C[C@@]3(CCCc4cc(Cl)ccc43)COc3ccc(cc32)C(=O)NS(=O)(=O)[C@H](C)[C@@H](C)C1.CNC(=O)[C@H](OC)[C@@H]1CC[C@@H]2CC[C@H]2CN2C[C@@]3(CCCc4cc(Cl)ccc43)COc3ccc(cc32)C(=O)NS(=O)(=O)[C@H](C)[C@@H](C)C1. The summed E-state index contributed by atoms with van der Waals surface area (Å²) in [5, 5.41) is 5.20. The zero-order valence-corrected chi connectivity index (χ0v) is 58.9. The van der Waals surface area contributed by atoms with Gasteiger partial charge in [-0.1, -0.05) is 49.2 Å². The standard InChI is InChI=1S/2C36H48ClN3O6S/c2*1-22-16-26(33(45-4)35(42)38-3)9-7-24-8-10-28(24)19-40-20-36(15-5-6-25-17-29(37)12-13-30(25)36)21-46-32-14-11-27(18-31(32)40)34(41)39-47(43,44)23(22)2/h2*11-14,17-18,22-24,26,28,33H,5-10,15-16,19-21H2,1-4H3,(H,38,42)(H,39,41)/t22-,23+,24+,26+,28-,33+,36-;22-,23+,24+,26+,28-,33-,36-/m00/s1. The molecule has 22 heteroatoms. The minimum atomic E-state index is -4.02. The number of halogens is 2. The van der Waals surface area contributed by atoms with Gasteiger partial charge in [0.15, 0.2) is 0 Å². The molecule has 4 bridgehead atoms. The second-order valence-corrected chi connectivity index (χ2v) is 33.7. The Balaban J connectivity index is 0.000000192. The van der Waals surface area contributed by atoms with Crippen molar-refractivity contribution in [2.45, 2.75) is 164 Å². The van der Waals surface area contributed by atoms with E-state index in [1.54, 1.807) is 52.2 Å². The van der Waals surface area contributed by atoms with Gasteiger partial charge in [0, 0.05) is 86.5 Å². The predicted molar refractivity (Wildman–Crippen MR) is 367 cm³/mol. The van der Waals surface area contributed by atoms with Crippen LogP contribution in [0.25, 0.3) is 0 Å². The van der Waals surface area contributed by atoms with Gasteiger partial charge >= 0.3 is 0 Å². The highest BCUT2D eigenvalue weighted by Gasteiger charge is 2.47. The maximum absolute atomic E-state index is 13.6. The van der Waals surface area contributed by atoms with Crippen LogP contribution in [0, 0.1) is 47.3 Å². The summed E-state index contributed by atoms with van der Waals surface area (Å²) >= 11 is 12.9. The van der Waals surface area contributed by atoms with Crippen LogP contribution in [-0.4, -0.2) is 131 Å². The van der Waals surface area contributed by atoms with E-state index in [9.17, 15) is 36.0 Å². The van der Waals surface area contributed by atoms with Crippen molar-refractivity contribution < 1.29 is 55.0 Å². The Bertz CT molecular complexity index is 3470. The average molecular weight is 1370 g/mol. The number of methoxy groups -OCH3 is 2. The van der Waals surface area contributed by atoms with Gasteiger partial charge in [-0.05, 0) is 247 Å². The van der Waals surface area contributed by atoms with E-state index in [0.29, 0.717) is 61.2 Å². The molecular weight excluding hydrogens is 1280 g/mol. The lowest BCUT2D eigenvalue weighted by molar-refractivity contribution is -0.135. The molecule has 12 rings (SSSR count). The third kappa shape index (κ3) is 14.5. The van der Waals surface area contributed by atoms with Gasteiger partial charge in [0.05, 0.1) is 35.1 Å². The molecule has 18 nitrogen and oxygen atoms in total. The molecule has 4 aromatic rings. The molecule has 8 aliphatic rings. The third-order valence-corrected chi connectivity index (χ3v) is 27.5. The fourth-order valence-electron chi connectivity index (χ4n) is 17.1. The average Bonchev–Trinajstić information content (AvgIpc) is 1.49. The molecule has 512 valence electrons. The Kier molecular flexibility index (Phi) is 21.4. The first-order valence-corrected chi connectivity index (χ1v) is 38.0. The number of hydrogen-bond acceptors (Lipinski definition) is 14. The number of nitrogens with one attached hydrogen (secondary N) is 4. The fraction of sp³-hybridized carbons (Fsp3) is 0.611. The van der Waals surface area contributed by atoms with E-state index in [1.165, 1.54) is 36.5 Å². The molecule has 4 heterocycles. The van der Waals surface area contributed by atoms with Crippen LogP contribution in [0.15, 0.2) is 72.8 Å². The number of sulfonamides is 2. The van der Waals surface area contributed by atoms with Crippen LogP contribution in [0.1, 0.15) is 161 Å². The van der Waals surface area contributed by atoms with Gasteiger partial charge in [-0.25, -0.2) is 26.3 Å². The smallest absolute Gasteiger partial charge is 0.264 e. The zero-order chi connectivity index (χ0) is 67.0. The van der Waals surface area contributed by atoms with Crippen LogP contribution >= 0.6 is 23.2 Å². The van der Waals surface area contributed by atoms with Crippen molar-refractivity contribution >= 4 is 78.3 Å². The van der Waals surface area contributed by atoms with Crippen molar-refractivity contribution in [1.82, 2.24) is 20.1 Å².